The van der Waals surface area contributed by atoms with Gasteiger partial charge in [-0.1, -0.05) is 42.5 Å². The zero-order valence-corrected chi connectivity index (χ0v) is 16.7. The van der Waals surface area contributed by atoms with Crippen LogP contribution in [0.15, 0.2) is 72.1 Å². The van der Waals surface area contributed by atoms with Gasteiger partial charge in [-0.15, -0.1) is 11.3 Å². The molecule has 4 rings (SSSR count). The third kappa shape index (κ3) is 4.72. The highest BCUT2D eigenvalue weighted by atomic mass is 32.1. The predicted molar refractivity (Wildman–Crippen MR) is 114 cm³/mol. The Labute approximate surface area is 173 Å². The lowest BCUT2D eigenvalue weighted by Gasteiger charge is -2.18. The van der Waals surface area contributed by atoms with Crippen LogP contribution in [0, 0.1) is 0 Å². The van der Waals surface area contributed by atoms with E-state index in [1.54, 1.807) is 35.6 Å². The van der Waals surface area contributed by atoms with Crippen molar-refractivity contribution in [3.63, 3.8) is 0 Å². The van der Waals surface area contributed by atoms with E-state index in [2.05, 4.69) is 10.6 Å². The van der Waals surface area contributed by atoms with Crippen molar-refractivity contribution in [1.82, 2.24) is 5.32 Å². The normalized spacial score (nSPS) is 16.9. The summed E-state index contributed by atoms with van der Waals surface area (Å²) in [4.78, 5) is 26.3. The van der Waals surface area contributed by atoms with Crippen molar-refractivity contribution in [2.75, 3.05) is 11.9 Å². The third-order valence-electron chi connectivity index (χ3n) is 4.85. The lowest BCUT2D eigenvalue weighted by Crippen LogP contribution is -2.29. The van der Waals surface area contributed by atoms with Gasteiger partial charge in [-0.2, -0.15) is 0 Å². The van der Waals surface area contributed by atoms with Crippen LogP contribution in [0.2, 0.25) is 0 Å². The van der Waals surface area contributed by atoms with Crippen LogP contribution in [-0.2, 0) is 9.53 Å². The zero-order chi connectivity index (χ0) is 20.1. The molecule has 0 aliphatic carbocycles. The first-order chi connectivity index (χ1) is 14.2. The van der Waals surface area contributed by atoms with Crippen molar-refractivity contribution in [2.24, 2.45) is 0 Å². The van der Waals surface area contributed by atoms with Crippen molar-refractivity contribution in [2.45, 2.75) is 25.0 Å². The lowest BCUT2D eigenvalue weighted by atomic mass is 10.0. The molecule has 29 heavy (non-hydrogen) atoms. The molecule has 0 radical (unpaired) electrons. The Bertz CT molecular complexity index is 967. The predicted octanol–water partition coefficient (Wildman–Crippen LogP) is 4.39. The molecule has 1 aromatic heterocycles. The molecule has 1 aliphatic rings. The zero-order valence-electron chi connectivity index (χ0n) is 15.8. The Balaban J connectivity index is 1.50. The van der Waals surface area contributed by atoms with E-state index in [1.165, 1.54) is 0 Å². The number of hydrogen-bond acceptors (Lipinski definition) is 4. The van der Waals surface area contributed by atoms with Crippen LogP contribution in [0.25, 0.3) is 0 Å². The average Bonchev–Trinajstić information content (AvgIpc) is 3.47. The number of hydrogen-bond donors (Lipinski definition) is 2. The second-order valence-electron chi connectivity index (χ2n) is 6.90. The molecule has 6 heteroatoms. The van der Waals surface area contributed by atoms with E-state index in [9.17, 15) is 9.59 Å². The number of amides is 2. The van der Waals surface area contributed by atoms with Gasteiger partial charge >= 0.3 is 0 Å². The van der Waals surface area contributed by atoms with Crippen LogP contribution in [0.1, 0.15) is 39.7 Å². The molecule has 1 saturated heterocycles. The summed E-state index contributed by atoms with van der Waals surface area (Å²) in [6.45, 7) is 0.615. The fourth-order valence-electron chi connectivity index (χ4n) is 3.38. The smallest absolute Gasteiger partial charge is 0.253 e. The number of benzene rings is 2. The molecule has 0 spiro atoms. The van der Waals surface area contributed by atoms with Gasteiger partial charge in [0.05, 0.1) is 6.04 Å². The molecule has 3 aromatic rings. The Hall–Kier alpha value is -2.96. The molecule has 5 nitrogen and oxygen atoms in total. The summed E-state index contributed by atoms with van der Waals surface area (Å²) in [6.07, 6.45) is 1.21. The van der Waals surface area contributed by atoms with Crippen LogP contribution in [0.4, 0.5) is 5.69 Å². The first-order valence-corrected chi connectivity index (χ1v) is 10.5. The highest BCUT2D eigenvalue weighted by molar-refractivity contribution is 7.10. The molecule has 2 aromatic carbocycles. The van der Waals surface area contributed by atoms with Gasteiger partial charge in [0.1, 0.15) is 6.10 Å². The maximum atomic E-state index is 13.0. The first kappa shape index (κ1) is 19.4. The fraction of sp³-hybridized carbons (Fsp3) is 0.217. The van der Waals surface area contributed by atoms with Crippen molar-refractivity contribution >= 4 is 28.8 Å². The van der Waals surface area contributed by atoms with E-state index in [1.807, 2.05) is 47.8 Å². The third-order valence-corrected chi connectivity index (χ3v) is 5.79. The molecule has 1 fully saturated rings. The Morgan fingerprint density at radius 2 is 1.90 bits per heavy atom. The minimum Gasteiger partial charge on any atom is -0.368 e. The SMILES string of the molecule is O=C(N[C@H](c1ccccc1)c1cccs1)c1cccc(NC(=O)[C@H]2CCCO2)c1. The number of thiophene rings is 1. The molecule has 0 unspecified atom stereocenters. The first-order valence-electron chi connectivity index (χ1n) is 9.62. The van der Waals surface area contributed by atoms with Crippen LogP contribution in [0.3, 0.4) is 0 Å². The quantitative estimate of drug-likeness (QED) is 0.638. The number of carbonyl (C=O) groups is 2. The van der Waals surface area contributed by atoms with Gasteiger partial charge in [0.25, 0.3) is 11.8 Å². The second-order valence-corrected chi connectivity index (χ2v) is 7.88. The van der Waals surface area contributed by atoms with Gasteiger partial charge in [-0.05, 0) is 48.1 Å². The van der Waals surface area contributed by atoms with Crippen molar-refractivity contribution in [3.8, 4) is 0 Å². The van der Waals surface area contributed by atoms with Gasteiger partial charge in [-0.3, -0.25) is 9.59 Å². The standard InChI is InChI=1S/C23H22N2O3S/c26-22(25-21(20-12-6-14-29-20)16-7-2-1-3-8-16)17-9-4-10-18(15-17)24-23(27)19-11-5-13-28-19/h1-4,6-10,12,14-15,19,21H,5,11,13H2,(H,24,27)(H,25,26)/t19-,21-/m1/s1. The number of nitrogens with one attached hydrogen (secondary N) is 2. The van der Waals surface area contributed by atoms with E-state index in [0.717, 1.165) is 23.3 Å². The molecule has 2 amide bonds. The summed E-state index contributed by atoms with van der Waals surface area (Å²) in [5, 5.41) is 7.97. The molecular weight excluding hydrogens is 384 g/mol. The molecule has 0 saturated carbocycles. The van der Waals surface area contributed by atoms with Crippen LogP contribution in [-0.4, -0.2) is 24.5 Å². The molecule has 2 atom stereocenters. The number of carbonyl (C=O) groups excluding carboxylic acids is 2. The maximum absolute atomic E-state index is 13.0. The number of anilines is 1. The van der Waals surface area contributed by atoms with Crippen LogP contribution in [0.5, 0.6) is 0 Å². The van der Waals surface area contributed by atoms with Crippen molar-refractivity contribution in [3.05, 3.63) is 88.1 Å². The van der Waals surface area contributed by atoms with Crippen LogP contribution >= 0.6 is 11.3 Å². The van der Waals surface area contributed by atoms with E-state index in [0.29, 0.717) is 17.9 Å². The average molecular weight is 407 g/mol. The monoisotopic (exact) mass is 406 g/mol. The Kier molecular flexibility index (Phi) is 6.03. The van der Waals surface area contributed by atoms with Gasteiger partial charge in [0, 0.05) is 22.7 Å². The number of ether oxygens (including phenoxy) is 1. The van der Waals surface area contributed by atoms with E-state index in [4.69, 9.17) is 4.74 Å². The molecule has 2 N–H and O–H groups in total. The van der Waals surface area contributed by atoms with Gasteiger partial charge in [-0.25, -0.2) is 0 Å². The van der Waals surface area contributed by atoms with Crippen molar-refractivity contribution in [1.29, 1.82) is 0 Å². The molecule has 148 valence electrons. The van der Waals surface area contributed by atoms with Gasteiger partial charge < -0.3 is 15.4 Å². The van der Waals surface area contributed by atoms with E-state index in [-0.39, 0.29) is 17.9 Å². The topological polar surface area (TPSA) is 67.4 Å². The van der Waals surface area contributed by atoms with E-state index < -0.39 is 6.10 Å². The largest absolute Gasteiger partial charge is 0.368 e. The summed E-state index contributed by atoms with van der Waals surface area (Å²) >= 11 is 1.60. The summed E-state index contributed by atoms with van der Waals surface area (Å²) in [5.41, 5.74) is 2.10. The maximum Gasteiger partial charge on any atom is 0.253 e. The highest BCUT2D eigenvalue weighted by Gasteiger charge is 2.24. The molecule has 2 heterocycles. The fourth-order valence-corrected chi connectivity index (χ4v) is 4.18. The Morgan fingerprint density at radius 3 is 2.62 bits per heavy atom. The second kappa shape index (κ2) is 9.03. The summed E-state index contributed by atoms with van der Waals surface area (Å²) in [6, 6.07) is 20.6. The lowest BCUT2D eigenvalue weighted by molar-refractivity contribution is -0.124. The molecule has 1 aliphatic heterocycles. The minimum atomic E-state index is -0.409. The summed E-state index contributed by atoms with van der Waals surface area (Å²) in [7, 11) is 0. The highest BCUT2D eigenvalue weighted by Crippen LogP contribution is 2.26. The summed E-state index contributed by atoms with van der Waals surface area (Å²) < 4.78 is 5.42. The minimum absolute atomic E-state index is 0.166. The van der Waals surface area contributed by atoms with Crippen LogP contribution < -0.4 is 10.6 Å². The van der Waals surface area contributed by atoms with Gasteiger partial charge in [0.2, 0.25) is 0 Å². The Morgan fingerprint density at radius 1 is 1.03 bits per heavy atom. The van der Waals surface area contributed by atoms with Crippen molar-refractivity contribution < 1.29 is 14.3 Å². The van der Waals surface area contributed by atoms with E-state index >= 15 is 0 Å². The molecule has 0 bridgehead atoms. The van der Waals surface area contributed by atoms with Gasteiger partial charge in [0.15, 0.2) is 0 Å². The number of rotatable bonds is 6. The molecular formula is C23H22N2O3S. The summed E-state index contributed by atoms with van der Waals surface area (Å²) in [5.74, 6) is -0.360.